The van der Waals surface area contributed by atoms with Crippen molar-refractivity contribution in [2.24, 2.45) is 5.10 Å². The van der Waals surface area contributed by atoms with Crippen molar-refractivity contribution in [3.8, 4) is 17.6 Å². The molecule has 0 saturated carbocycles. The predicted molar refractivity (Wildman–Crippen MR) is 126 cm³/mol. The van der Waals surface area contributed by atoms with Gasteiger partial charge in [-0.25, -0.2) is 4.79 Å². The van der Waals surface area contributed by atoms with Crippen LogP contribution in [0.15, 0.2) is 53.9 Å². The minimum absolute atomic E-state index is 0.0509. The number of carbonyl (C=O) groups is 2. The van der Waals surface area contributed by atoms with Crippen molar-refractivity contribution >= 4 is 57.4 Å². The van der Waals surface area contributed by atoms with E-state index in [1.54, 1.807) is 38.5 Å². The second-order valence-electron chi connectivity index (χ2n) is 7.23. The van der Waals surface area contributed by atoms with Gasteiger partial charge in [0.25, 0.3) is 5.91 Å². The number of ether oxygens (including phenoxy) is 1. The Balaban J connectivity index is 1.68. The van der Waals surface area contributed by atoms with E-state index in [2.05, 4.69) is 22.0 Å². The summed E-state index contributed by atoms with van der Waals surface area (Å²) in [6.07, 6.45) is 1.64. The van der Waals surface area contributed by atoms with Gasteiger partial charge >= 0.3 is 6.03 Å². The fraction of sp³-hybridized carbons (Fsp3) is 0.0909. The molecule has 0 saturated heterocycles. The first kappa shape index (κ1) is 22.2. The lowest BCUT2D eigenvalue weighted by Gasteiger charge is -2.24. The van der Waals surface area contributed by atoms with Gasteiger partial charge in [-0.3, -0.25) is 4.79 Å². The molecule has 0 radical (unpaired) electrons. The molecule has 33 heavy (non-hydrogen) atoms. The Hall–Kier alpha value is -4.00. The first-order valence-corrected chi connectivity index (χ1v) is 10.2. The summed E-state index contributed by atoms with van der Waals surface area (Å²) in [5.41, 5.74) is 1.55. The molecule has 166 valence electrons. The first-order chi connectivity index (χ1) is 15.7. The lowest BCUT2D eigenvalue weighted by Crippen LogP contribution is -2.42. The number of aromatic amines is 1. The Labute approximate surface area is 198 Å². The molecule has 0 bridgehead atoms. The van der Waals surface area contributed by atoms with Crippen LogP contribution < -0.4 is 15.1 Å². The third kappa shape index (κ3) is 4.09. The average molecular weight is 483 g/mol. The van der Waals surface area contributed by atoms with E-state index in [4.69, 9.17) is 33.2 Å². The molecule has 2 N–H and O–H groups in total. The van der Waals surface area contributed by atoms with Crippen LogP contribution in [0.5, 0.6) is 11.5 Å². The van der Waals surface area contributed by atoms with Crippen LogP contribution in [0.4, 0.5) is 10.5 Å². The van der Waals surface area contributed by atoms with E-state index in [0.717, 1.165) is 10.5 Å². The van der Waals surface area contributed by atoms with E-state index in [1.807, 2.05) is 6.07 Å². The number of fused-ring (bicyclic) bond motifs is 1. The molecule has 1 aromatic heterocycles. The quantitative estimate of drug-likeness (QED) is 0.550. The molecule has 4 rings (SSSR count). The fourth-order valence-corrected chi connectivity index (χ4v) is 3.73. The Kier molecular flexibility index (Phi) is 5.72. The number of nitriles is 1. The maximum absolute atomic E-state index is 12.4. The van der Waals surface area contributed by atoms with Crippen molar-refractivity contribution in [1.82, 2.24) is 15.2 Å². The second kappa shape index (κ2) is 8.50. The van der Waals surface area contributed by atoms with E-state index in [9.17, 15) is 9.59 Å². The third-order valence-electron chi connectivity index (χ3n) is 4.78. The molecule has 0 fully saturated rings. The number of H-pyrrole nitrogens is 1. The normalized spacial score (nSPS) is 13.4. The predicted octanol–water partition coefficient (Wildman–Crippen LogP) is 4.89. The number of urea groups is 1. The standard InChI is InChI=1S/C22H16Cl2N6O3/c1-11-19(9-25)28-30(22(32)27-11)12-6-16(23)20(17(24)7-12)33-13-4-5-18-14(8-13)15(10-26-18)21(31)29(2)3/h4-8,10,26H,1H2,2-3H3,(H,27,32). The number of rotatable bonds is 4. The number of anilines is 1. The number of halogens is 2. The first-order valence-electron chi connectivity index (χ1n) is 9.48. The molecule has 11 heteroatoms. The minimum Gasteiger partial charge on any atom is -0.454 e. The fourth-order valence-electron chi connectivity index (χ4n) is 3.18. The SMILES string of the molecule is C=C1NC(=O)N(c2cc(Cl)c(Oc3ccc4[nH]cc(C(=O)N(C)C)c4c3)c(Cl)c2)N=C1C#N. The van der Waals surface area contributed by atoms with Gasteiger partial charge in [-0.1, -0.05) is 29.8 Å². The highest BCUT2D eigenvalue weighted by Gasteiger charge is 2.26. The molecular weight excluding hydrogens is 467 g/mol. The molecule has 2 heterocycles. The summed E-state index contributed by atoms with van der Waals surface area (Å²) in [7, 11) is 3.34. The van der Waals surface area contributed by atoms with Crippen molar-refractivity contribution in [2.45, 2.75) is 0 Å². The van der Waals surface area contributed by atoms with Crippen LogP contribution in [0, 0.1) is 11.3 Å². The molecule has 1 aliphatic rings. The van der Waals surface area contributed by atoms with Gasteiger partial charge in [-0.05, 0) is 30.3 Å². The molecule has 3 aromatic rings. The number of hydrogen-bond acceptors (Lipinski definition) is 5. The number of hydrogen-bond donors (Lipinski definition) is 2. The van der Waals surface area contributed by atoms with Crippen molar-refractivity contribution in [2.75, 3.05) is 19.1 Å². The van der Waals surface area contributed by atoms with Crippen LogP contribution in [0.2, 0.25) is 10.0 Å². The maximum Gasteiger partial charge on any atom is 0.347 e. The Bertz CT molecular complexity index is 1380. The molecule has 0 unspecified atom stereocenters. The summed E-state index contributed by atoms with van der Waals surface area (Å²) in [5, 5.41) is 17.4. The van der Waals surface area contributed by atoms with Crippen LogP contribution in [-0.4, -0.2) is 41.6 Å². The number of benzene rings is 2. The average Bonchev–Trinajstić information content (AvgIpc) is 3.18. The Morgan fingerprint density at radius 1 is 1.24 bits per heavy atom. The van der Waals surface area contributed by atoms with E-state index >= 15 is 0 Å². The second-order valence-corrected chi connectivity index (χ2v) is 8.05. The van der Waals surface area contributed by atoms with E-state index < -0.39 is 6.03 Å². The monoisotopic (exact) mass is 482 g/mol. The van der Waals surface area contributed by atoms with E-state index in [0.29, 0.717) is 16.7 Å². The zero-order valence-electron chi connectivity index (χ0n) is 17.4. The summed E-state index contributed by atoms with van der Waals surface area (Å²) in [5.74, 6) is 0.408. The van der Waals surface area contributed by atoms with Crippen molar-refractivity contribution < 1.29 is 14.3 Å². The number of allylic oxidation sites excluding steroid dienone is 1. The lowest BCUT2D eigenvalue weighted by atomic mass is 10.1. The molecule has 0 aliphatic carbocycles. The molecular formula is C22H16Cl2N6O3. The summed E-state index contributed by atoms with van der Waals surface area (Å²) in [6, 6.07) is 9.29. The van der Waals surface area contributed by atoms with Gasteiger partial charge in [-0.2, -0.15) is 15.4 Å². The van der Waals surface area contributed by atoms with Gasteiger partial charge in [0, 0.05) is 31.2 Å². The summed E-state index contributed by atoms with van der Waals surface area (Å²) >= 11 is 12.8. The molecule has 0 spiro atoms. The zero-order chi connectivity index (χ0) is 23.9. The highest BCUT2D eigenvalue weighted by Crippen LogP contribution is 2.41. The summed E-state index contributed by atoms with van der Waals surface area (Å²) in [4.78, 5) is 29.2. The van der Waals surface area contributed by atoms with Crippen molar-refractivity contribution in [3.05, 3.63) is 64.4 Å². The van der Waals surface area contributed by atoms with Crippen molar-refractivity contribution in [1.29, 1.82) is 5.26 Å². The van der Waals surface area contributed by atoms with E-state index in [1.165, 1.54) is 17.0 Å². The van der Waals surface area contributed by atoms with Gasteiger partial charge in [0.1, 0.15) is 11.8 Å². The molecule has 0 atom stereocenters. The van der Waals surface area contributed by atoms with Crippen LogP contribution in [0.3, 0.4) is 0 Å². The number of aromatic nitrogens is 1. The lowest BCUT2D eigenvalue weighted by molar-refractivity contribution is 0.0829. The highest BCUT2D eigenvalue weighted by atomic mass is 35.5. The highest BCUT2D eigenvalue weighted by molar-refractivity contribution is 6.37. The summed E-state index contributed by atoms with van der Waals surface area (Å²) in [6.45, 7) is 3.58. The third-order valence-corrected chi connectivity index (χ3v) is 5.34. The molecule has 2 aromatic carbocycles. The number of hydrazone groups is 1. The molecule has 9 nitrogen and oxygen atoms in total. The topological polar surface area (TPSA) is 114 Å². The van der Waals surface area contributed by atoms with Gasteiger partial charge in [0.15, 0.2) is 11.5 Å². The van der Waals surface area contributed by atoms with Crippen molar-refractivity contribution in [3.63, 3.8) is 0 Å². The Morgan fingerprint density at radius 2 is 1.94 bits per heavy atom. The van der Waals surface area contributed by atoms with Crippen LogP contribution in [0.1, 0.15) is 10.4 Å². The number of carbonyl (C=O) groups excluding carboxylic acids is 2. The largest absolute Gasteiger partial charge is 0.454 e. The number of nitrogens with zero attached hydrogens (tertiary/aromatic N) is 4. The van der Waals surface area contributed by atoms with Crippen LogP contribution in [-0.2, 0) is 0 Å². The van der Waals surface area contributed by atoms with Crippen LogP contribution in [0.25, 0.3) is 10.9 Å². The molecule has 1 aliphatic heterocycles. The smallest absolute Gasteiger partial charge is 0.347 e. The van der Waals surface area contributed by atoms with Gasteiger partial charge < -0.3 is 19.9 Å². The van der Waals surface area contributed by atoms with Gasteiger partial charge in [0.2, 0.25) is 0 Å². The molecule has 3 amide bonds. The maximum atomic E-state index is 12.4. The van der Waals surface area contributed by atoms with E-state index in [-0.39, 0.29) is 38.8 Å². The number of nitrogens with one attached hydrogen (secondary N) is 2. The zero-order valence-corrected chi connectivity index (χ0v) is 19.0. The number of amides is 3. The minimum atomic E-state index is -0.615. The Morgan fingerprint density at radius 3 is 2.58 bits per heavy atom. The van der Waals surface area contributed by atoms with Crippen LogP contribution >= 0.6 is 23.2 Å². The van der Waals surface area contributed by atoms with Gasteiger partial charge in [-0.15, -0.1) is 0 Å². The summed E-state index contributed by atoms with van der Waals surface area (Å²) < 4.78 is 5.92. The van der Waals surface area contributed by atoms with Gasteiger partial charge in [0.05, 0.1) is 27.0 Å².